The third-order valence-corrected chi connectivity index (χ3v) is 6.52. The fraction of sp³-hybridized carbons (Fsp3) is 0.794. The lowest BCUT2D eigenvalue weighted by molar-refractivity contribution is -0.189. The highest BCUT2D eigenvalue weighted by molar-refractivity contribution is 5.86. The van der Waals surface area contributed by atoms with Gasteiger partial charge in [0.2, 0.25) is 12.7 Å². The van der Waals surface area contributed by atoms with E-state index in [4.69, 9.17) is 43.0 Å². The molecule has 2 amide bonds. The first-order chi connectivity index (χ1) is 23.9. The Labute approximate surface area is 306 Å². The molecule has 0 aromatic carbocycles. The predicted octanol–water partition coefficient (Wildman–Crippen LogP) is 2.67. The van der Waals surface area contributed by atoms with Crippen molar-refractivity contribution in [1.82, 2.24) is 10.6 Å². The molecule has 0 saturated carbocycles. The average molecular weight is 753 g/mol. The first-order valence-electron chi connectivity index (χ1n) is 16.8. The van der Waals surface area contributed by atoms with Crippen molar-refractivity contribution in [2.45, 2.75) is 138 Å². The maximum atomic E-state index is 11.9. The summed E-state index contributed by atoms with van der Waals surface area (Å²) < 4.78 is 39.3. The lowest BCUT2D eigenvalue weighted by Crippen LogP contribution is -2.45. The van der Waals surface area contributed by atoms with Gasteiger partial charge < -0.3 is 53.6 Å². The topological polar surface area (TPSA) is 238 Å². The molecule has 0 radical (unpaired) electrons. The molecule has 3 N–H and O–H groups in total. The number of hydrogen-bond donors (Lipinski definition) is 3. The van der Waals surface area contributed by atoms with E-state index in [2.05, 4.69) is 10.6 Å². The van der Waals surface area contributed by atoms with Gasteiger partial charge in [-0.1, -0.05) is 20.8 Å². The lowest BCUT2D eigenvalue weighted by atomic mass is 9.95. The zero-order valence-corrected chi connectivity index (χ0v) is 32.8. The quantitative estimate of drug-likeness (QED) is 0.0701. The Kier molecular flexibility index (Phi) is 24.1. The highest BCUT2D eigenvalue weighted by Crippen LogP contribution is 2.14. The fourth-order valence-electron chi connectivity index (χ4n) is 3.30. The Bertz CT molecular complexity index is 1150. The smallest absolute Gasteiger partial charge is 0.407 e. The minimum Gasteiger partial charge on any atom is -0.480 e. The summed E-state index contributed by atoms with van der Waals surface area (Å²) in [5.41, 5.74) is -1.20. The number of esters is 4. The molecule has 6 atom stereocenters. The van der Waals surface area contributed by atoms with Crippen molar-refractivity contribution in [3.05, 3.63) is 0 Å². The number of methoxy groups -OCH3 is 2. The van der Waals surface area contributed by atoms with Crippen LogP contribution in [0.5, 0.6) is 0 Å². The van der Waals surface area contributed by atoms with Gasteiger partial charge in [0.1, 0.15) is 12.6 Å². The third kappa shape index (κ3) is 24.2. The molecule has 0 rings (SSSR count). The number of carbonyl (C=O) groups is 7. The van der Waals surface area contributed by atoms with Crippen LogP contribution in [0.1, 0.15) is 95.4 Å². The van der Waals surface area contributed by atoms with Crippen LogP contribution in [0.25, 0.3) is 0 Å². The van der Waals surface area contributed by atoms with E-state index in [9.17, 15) is 33.6 Å². The summed E-state index contributed by atoms with van der Waals surface area (Å²) in [4.78, 5) is 81.3. The van der Waals surface area contributed by atoms with E-state index >= 15 is 0 Å². The van der Waals surface area contributed by atoms with Crippen molar-refractivity contribution in [3.8, 4) is 0 Å². The Morgan fingerprint density at radius 3 is 1.58 bits per heavy atom. The average Bonchev–Trinajstić information content (AvgIpc) is 3.04. The number of carbonyl (C=O) groups excluding carboxylic acids is 6. The lowest BCUT2D eigenvalue weighted by Gasteiger charge is -2.24. The van der Waals surface area contributed by atoms with Gasteiger partial charge in [-0.2, -0.15) is 0 Å². The van der Waals surface area contributed by atoms with Crippen molar-refractivity contribution < 1.29 is 76.6 Å². The van der Waals surface area contributed by atoms with Crippen LogP contribution < -0.4 is 10.6 Å². The monoisotopic (exact) mass is 752 g/mol. The number of carboxylic acid groups (broad SMARTS) is 1. The van der Waals surface area contributed by atoms with Crippen LogP contribution in [0.2, 0.25) is 0 Å². The molecule has 0 spiro atoms. The van der Waals surface area contributed by atoms with E-state index in [0.29, 0.717) is 25.8 Å². The van der Waals surface area contributed by atoms with Gasteiger partial charge >= 0.3 is 35.9 Å². The van der Waals surface area contributed by atoms with Crippen molar-refractivity contribution in [2.24, 2.45) is 5.41 Å². The van der Waals surface area contributed by atoms with Crippen LogP contribution in [0, 0.1) is 5.41 Å². The molecule has 0 saturated heterocycles. The van der Waals surface area contributed by atoms with Gasteiger partial charge in [-0.3, -0.25) is 4.79 Å². The van der Waals surface area contributed by atoms with Crippen molar-refractivity contribution in [1.29, 1.82) is 0 Å². The van der Waals surface area contributed by atoms with Crippen LogP contribution in [0.4, 0.5) is 4.79 Å². The molecule has 0 aromatic heterocycles. The number of amides is 2. The second-order valence-corrected chi connectivity index (χ2v) is 13.6. The molecular weight excluding hydrogens is 692 g/mol. The Morgan fingerprint density at radius 2 is 1.15 bits per heavy atom. The van der Waals surface area contributed by atoms with Crippen LogP contribution in [0.15, 0.2) is 0 Å². The molecule has 0 aliphatic rings. The number of hydrogen-bond acceptors (Lipinski definition) is 15. The minimum atomic E-state index is -1.23. The summed E-state index contributed by atoms with van der Waals surface area (Å²) in [6.07, 6.45) is -3.42. The van der Waals surface area contributed by atoms with Gasteiger partial charge in [-0.25, -0.2) is 28.8 Å². The van der Waals surface area contributed by atoms with Gasteiger partial charge in [-0.15, -0.1) is 0 Å². The van der Waals surface area contributed by atoms with Crippen LogP contribution >= 0.6 is 0 Å². The summed E-state index contributed by atoms with van der Waals surface area (Å²) >= 11 is 0. The molecule has 6 unspecified atom stereocenters. The number of carboxylic acids is 1. The summed E-state index contributed by atoms with van der Waals surface area (Å²) in [6.45, 7) is 17.7. The summed E-state index contributed by atoms with van der Waals surface area (Å²) in [6, 6.07) is -0.925. The molecule has 18 heteroatoms. The van der Waals surface area contributed by atoms with E-state index in [1.54, 1.807) is 48.5 Å². The number of alkyl carbamates (subject to hydrolysis) is 1. The van der Waals surface area contributed by atoms with Gasteiger partial charge in [0.05, 0.1) is 11.7 Å². The highest BCUT2D eigenvalue weighted by Gasteiger charge is 2.29. The fourth-order valence-corrected chi connectivity index (χ4v) is 3.30. The summed E-state index contributed by atoms with van der Waals surface area (Å²) in [5, 5.41) is 14.3. The number of rotatable bonds is 20. The molecule has 52 heavy (non-hydrogen) atoms. The molecule has 18 nitrogen and oxygen atoms in total. The Hall–Kier alpha value is -4.03. The number of aliphatic carboxylic acids is 1. The first-order valence-corrected chi connectivity index (χ1v) is 16.8. The Balaban J connectivity index is 0. The van der Waals surface area contributed by atoms with E-state index in [1.165, 1.54) is 41.9 Å². The molecule has 0 aromatic rings. The van der Waals surface area contributed by atoms with E-state index in [0.717, 1.165) is 0 Å². The number of ether oxygens (including phenoxy) is 8. The van der Waals surface area contributed by atoms with E-state index < -0.39 is 84.2 Å². The zero-order valence-electron chi connectivity index (χ0n) is 32.8. The third-order valence-electron chi connectivity index (χ3n) is 6.52. The zero-order chi connectivity index (χ0) is 40.8. The molecular formula is C34H60N2O16. The van der Waals surface area contributed by atoms with Crippen molar-refractivity contribution in [3.63, 3.8) is 0 Å². The SMILES string of the molecule is COC(C)C(=O)OC(C)C(=O)OCOC(=O)C(C)OC(=O)C(C)OC(C)(C)C.COC(C)COC(=O)NCCCCC(NC(=O)C(C)(C)C)C(=O)O. The highest BCUT2D eigenvalue weighted by atomic mass is 16.7. The molecule has 302 valence electrons. The van der Waals surface area contributed by atoms with Crippen LogP contribution in [-0.2, 0) is 66.7 Å². The molecule has 0 fully saturated rings. The first kappa shape index (κ1) is 50.1. The predicted molar refractivity (Wildman–Crippen MR) is 184 cm³/mol. The van der Waals surface area contributed by atoms with Crippen molar-refractivity contribution in [2.75, 3.05) is 34.2 Å². The van der Waals surface area contributed by atoms with E-state index in [-0.39, 0.29) is 18.6 Å². The van der Waals surface area contributed by atoms with Gasteiger partial charge in [0, 0.05) is 26.2 Å². The van der Waals surface area contributed by atoms with Gasteiger partial charge in [-0.05, 0) is 74.7 Å². The van der Waals surface area contributed by atoms with Crippen molar-refractivity contribution >= 4 is 41.8 Å². The van der Waals surface area contributed by atoms with Crippen LogP contribution in [-0.4, -0.2) is 123 Å². The molecule has 0 bridgehead atoms. The maximum absolute atomic E-state index is 11.9. The number of unbranched alkanes of at least 4 members (excludes halogenated alkanes) is 1. The molecule has 0 aliphatic carbocycles. The normalized spacial score (nSPS) is 14.7. The summed E-state index contributed by atoms with van der Waals surface area (Å²) in [7, 11) is 2.85. The Morgan fingerprint density at radius 1 is 0.654 bits per heavy atom. The molecule has 0 heterocycles. The maximum Gasteiger partial charge on any atom is 0.407 e. The minimum absolute atomic E-state index is 0.168. The molecule has 0 aliphatic heterocycles. The largest absolute Gasteiger partial charge is 0.480 e. The second-order valence-electron chi connectivity index (χ2n) is 13.6. The van der Waals surface area contributed by atoms with Gasteiger partial charge in [0.25, 0.3) is 0 Å². The number of nitrogens with one attached hydrogen (secondary N) is 2. The van der Waals surface area contributed by atoms with Crippen LogP contribution in [0.3, 0.4) is 0 Å². The standard InChI is InChI=1S/C18H30O10.C16H30N2O6/c1-10(23-8)16(21)26-11(2)14(19)24-9-25-15(20)12(3)27-17(22)13(4)28-18(5,6)7;1-11(23-5)10-24-15(22)17-9-7-6-8-12(13(19)20)18-14(21)16(2,3)4/h10-13H,9H2,1-8H3;11-12H,6-10H2,1-5H3,(H,17,22)(H,18,21)(H,19,20). The van der Waals surface area contributed by atoms with E-state index in [1.807, 2.05) is 0 Å². The van der Waals surface area contributed by atoms with Gasteiger partial charge in [0.15, 0.2) is 24.4 Å². The second kappa shape index (κ2) is 25.0. The summed E-state index contributed by atoms with van der Waals surface area (Å²) in [5.74, 6) is -4.67.